The van der Waals surface area contributed by atoms with Gasteiger partial charge in [0.1, 0.15) is 5.75 Å². The third-order valence-electron chi connectivity index (χ3n) is 3.85. The Kier molecular flexibility index (Phi) is 5.05. The largest absolute Gasteiger partial charge is 0.493 e. The third kappa shape index (κ3) is 4.55. The highest BCUT2D eigenvalue weighted by Gasteiger charge is 2.22. The summed E-state index contributed by atoms with van der Waals surface area (Å²) in [5.41, 5.74) is 2.37. The van der Waals surface area contributed by atoms with Crippen molar-refractivity contribution in [3.63, 3.8) is 0 Å². The SMILES string of the molecule is Cc1cc(C)cc(OCCC(=O)NC2CCC(C)C2)c1. The number of ether oxygens (including phenoxy) is 1. The molecule has 1 aliphatic rings. The number of carbonyl (C=O) groups excluding carboxylic acids is 1. The van der Waals surface area contributed by atoms with E-state index in [1.165, 1.54) is 17.5 Å². The summed E-state index contributed by atoms with van der Waals surface area (Å²) >= 11 is 0. The van der Waals surface area contributed by atoms with E-state index in [-0.39, 0.29) is 5.91 Å². The minimum absolute atomic E-state index is 0.105. The predicted octanol–water partition coefficient (Wildman–Crippen LogP) is 3.38. The molecule has 1 N–H and O–H groups in total. The fraction of sp³-hybridized carbons (Fsp3) is 0.588. The van der Waals surface area contributed by atoms with Crippen molar-refractivity contribution >= 4 is 5.91 Å². The highest BCUT2D eigenvalue weighted by molar-refractivity contribution is 5.76. The molecular formula is C17H25NO2. The van der Waals surface area contributed by atoms with Gasteiger partial charge < -0.3 is 10.1 Å². The fourth-order valence-corrected chi connectivity index (χ4v) is 2.92. The Bertz CT molecular complexity index is 450. The maximum atomic E-state index is 11.8. The first-order chi connectivity index (χ1) is 9.52. The van der Waals surface area contributed by atoms with Crippen molar-refractivity contribution in [2.24, 2.45) is 5.92 Å². The average Bonchev–Trinajstić information content (AvgIpc) is 2.73. The van der Waals surface area contributed by atoms with Crippen LogP contribution in [-0.2, 0) is 4.79 Å². The molecule has 1 fully saturated rings. The lowest BCUT2D eigenvalue weighted by Crippen LogP contribution is -2.33. The summed E-state index contributed by atoms with van der Waals surface area (Å²) < 4.78 is 5.66. The Morgan fingerprint density at radius 2 is 1.95 bits per heavy atom. The highest BCUT2D eigenvalue weighted by Crippen LogP contribution is 2.24. The van der Waals surface area contributed by atoms with Crippen LogP contribution in [0.5, 0.6) is 5.75 Å². The third-order valence-corrected chi connectivity index (χ3v) is 3.85. The van der Waals surface area contributed by atoms with Gasteiger partial charge in [0.05, 0.1) is 13.0 Å². The van der Waals surface area contributed by atoms with E-state index in [1.807, 2.05) is 26.0 Å². The molecule has 20 heavy (non-hydrogen) atoms. The minimum atomic E-state index is 0.105. The molecule has 3 nitrogen and oxygen atoms in total. The average molecular weight is 275 g/mol. The van der Waals surface area contributed by atoms with E-state index in [9.17, 15) is 4.79 Å². The van der Waals surface area contributed by atoms with Gasteiger partial charge in [-0.15, -0.1) is 0 Å². The van der Waals surface area contributed by atoms with Crippen LogP contribution < -0.4 is 10.1 Å². The number of amides is 1. The van der Waals surface area contributed by atoms with Crippen LogP contribution in [0.15, 0.2) is 18.2 Å². The molecule has 0 aliphatic heterocycles. The van der Waals surface area contributed by atoms with Crippen LogP contribution in [0.2, 0.25) is 0 Å². The zero-order valence-electron chi connectivity index (χ0n) is 12.7. The monoisotopic (exact) mass is 275 g/mol. The molecule has 2 rings (SSSR count). The van der Waals surface area contributed by atoms with Gasteiger partial charge in [0.25, 0.3) is 0 Å². The van der Waals surface area contributed by atoms with Gasteiger partial charge in [-0.25, -0.2) is 0 Å². The topological polar surface area (TPSA) is 38.3 Å². The van der Waals surface area contributed by atoms with Crippen LogP contribution in [0.4, 0.5) is 0 Å². The van der Waals surface area contributed by atoms with Crippen molar-refractivity contribution in [3.05, 3.63) is 29.3 Å². The molecular weight excluding hydrogens is 250 g/mol. The van der Waals surface area contributed by atoms with Gasteiger partial charge in [0, 0.05) is 6.04 Å². The highest BCUT2D eigenvalue weighted by atomic mass is 16.5. The minimum Gasteiger partial charge on any atom is -0.493 e. The van der Waals surface area contributed by atoms with Gasteiger partial charge in [-0.1, -0.05) is 13.0 Å². The van der Waals surface area contributed by atoms with E-state index in [2.05, 4.69) is 18.3 Å². The lowest BCUT2D eigenvalue weighted by Gasteiger charge is -2.13. The van der Waals surface area contributed by atoms with Crippen molar-refractivity contribution in [3.8, 4) is 5.75 Å². The van der Waals surface area contributed by atoms with Crippen molar-refractivity contribution < 1.29 is 9.53 Å². The summed E-state index contributed by atoms with van der Waals surface area (Å²) in [6.07, 6.45) is 3.89. The summed E-state index contributed by atoms with van der Waals surface area (Å²) in [6.45, 7) is 6.79. The zero-order valence-corrected chi connectivity index (χ0v) is 12.7. The first-order valence-corrected chi connectivity index (χ1v) is 7.53. The van der Waals surface area contributed by atoms with Gasteiger partial charge in [-0.2, -0.15) is 0 Å². The van der Waals surface area contributed by atoms with Crippen LogP contribution in [0.3, 0.4) is 0 Å². The molecule has 0 heterocycles. The standard InChI is InChI=1S/C17H25NO2/c1-12-4-5-15(9-12)18-17(19)6-7-20-16-10-13(2)8-14(3)11-16/h8,10-12,15H,4-7,9H2,1-3H3,(H,18,19). The Labute approximate surface area is 121 Å². The van der Waals surface area contributed by atoms with Crippen LogP contribution in [0.1, 0.15) is 43.7 Å². The van der Waals surface area contributed by atoms with E-state index < -0.39 is 0 Å². The molecule has 1 aromatic rings. The number of benzene rings is 1. The van der Waals surface area contributed by atoms with Crippen LogP contribution in [-0.4, -0.2) is 18.6 Å². The van der Waals surface area contributed by atoms with Gasteiger partial charge in [0.2, 0.25) is 5.91 Å². The summed E-state index contributed by atoms with van der Waals surface area (Å²) in [6, 6.07) is 6.49. The Hall–Kier alpha value is -1.51. The molecule has 0 aromatic heterocycles. The Balaban J connectivity index is 1.71. The lowest BCUT2D eigenvalue weighted by molar-refractivity contribution is -0.122. The van der Waals surface area contributed by atoms with Crippen molar-refractivity contribution in [2.75, 3.05) is 6.61 Å². The van der Waals surface area contributed by atoms with Crippen molar-refractivity contribution in [1.29, 1.82) is 0 Å². The summed E-state index contributed by atoms with van der Waals surface area (Å²) in [7, 11) is 0. The van der Waals surface area contributed by atoms with Gasteiger partial charge in [-0.05, 0) is 62.3 Å². The first kappa shape index (κ1) is 14.9. The second-order valence-electron chi connectivity index (χ2n) is 6.10. The summed E-state index contributed by atoms with van der Waals surface area (Å²) in [5, 5.41) is 3.10. The molecule has 1 saturated carbocycles. The molecule has 2 atom stereocenters. The molecule has 0 saturated heterocycles. The van der Waals surface area contributed by atoms with Gasteiger partial charge in [0.15, 0.2) is 0 Å². The summed E-state index contributed by atoms with van der Waals surface area (Å²) in [4.78, 5) is 11.8. The predicted molar refractivity (Wildman–Crippen MR) is 81.0 cm³/mol. The van der Waals surface area contributed by atoms with E-state index >= 15 is 0 Å². The van der Waals surface area contributed by atoms with E-state index in [1.54, 1.807) is 0 Å². The molecule has 2 unspecified atom stereocenters. The molecule has 0 radical (unpaired) electrons. The first-order valence-electron chi connectivity index (χ1n) is 7.53. The quantitative estimate of drug-likeness (QED) is 0.894. The van der Waals surface area contributed by atoms with Crippen LogP contribution >= 0.6 is 0 Å². The number of hydrogen-bond acceptors (Lipinski definition) is 2. The number of carbonyl (C=O) groups is 1. The molecule has 0 bridgehead atoms. The number of aryl methyl sites for hydroxylation is 2. The second kappa shape index (κ2) is 6.78. The fourth-order valence-electron chi connectivity index (χ4n) is 2.92. The lowest BCUT2D eigenvalue weighted by atomic mass is 10.1. The van der Waals surface area contributed by atoms with Gasteiger partial charge >= 0.3 is 0 Å². The van der Waals surface area contributed by atoms with Crippen LogP contribution in [0.25, 0.3) is 0 Å². The zero-order chi connectivity index (χ0) is 14.5. The second-order valence-corrected chi connectivity index (χ2v) is 6.10. The van der Waals surface area contributed by atoms with Gasteiger partial charge in [-0.3, -0.25) is 4.79 Å². The molecule has 3 heteroatoms. The van der Waals surface area contributed by atoms with E-state index in [0.29, 0.717) is 19.1 Å². The normalized spacial score (nSPS) is 21.8. The number of hydrogen-bond donors (Lipinski definition) is 1. The molecule has 0 spiro atoms. The van der Waals surface area contributed by atoms with Crippen molar-refractivity contribution in [1.82, 2.24) is 5.32 Å². The molecule has 1 amide bonds. The maximum Gasteiger partial charge on any atom is 0.223 e. The van der Waals surface area contributed by atoms with Crippen LogP contribution in [0, 0.1) is 19.8 Å². The van der Waals surface area contributed by atoms with Crippen molar-refractivity contribution in [2.45, 2.75) is 52.5 Å². The number of rotatable bonds is 5. The Morgan fingerprint density at radius 3 is 2.55 bits per heavy atom. The smallest absolute Gasteiger partial charge is 0.223 e. The summed E-state index contributed by atoms with van der Waals surface area (Å²) in [5.74, 6) is 1.70. The Morgan fingerprint density at radius 1 is 1.25 bits per heavy atom. The van der Waals surface area contributed by atoms with E-state index in [0.717, 1.165) is 24.5 Å². The number of nitrogens with one attached hydrogen (secondary N) is 1. The van der Waals surface area contributed by atoms with E-state index in [4.69, 9.17) is 4.74 Å². The molecule has 1 aromatic carbocycles. The molecule has 110 valence electrons. The molecule has 1 aliphatic carbocycles. The maximum absolute atomic E-state index is 11.8.